The third-order valence-corrected chi connectivity index (χ3v) is 12.6. The zero-order chi connectivity index (χ0) is 48.0. The van der Waals surface area contributed by atoms with Crippen molar-refractivity contribution in [2.45, 2.75) is 251 Å². The molecule has 0 amide bonds. The van der Waals surface area contributed by atoms with Crippen LogP contribution in [0.5, 0.6) is 0 Å². The third kappa shape index (κ3) is 52.9. The largest absolute Gasteiger partial charge is 0.472 e. The van der Waals surface area contributed by atoms with Crippen LogP contribution in [0.25, 0.3) is 0 Å². The Morgan fingerprint density at radius 3 is 1.27 bits per heavy atom. The van der Waals surface area contributed by atoms with E-state index < -0.39 is 13.9 Å². The minimum Gasteiger partial charge on any atom is -0.457 e. The first kappa shape index (κ1) is 63.9. The maximum Gasteiger partial charge on any atom is 0.472 e. The maximum atomic E-state index is 12.7. The number of unbranched alkanes of at least 4 members (excludes halogenated alkanes) is 27. The number of phosphoric acid groups is 1. The summed E-state index contributed by atoms with van der Waals surface area (Å²) in [5, 5.41) is 0. The van der Waals surface area contributed by atoms with Crippen LogP contribution in [-0.4, -0.2) is 49.9 Å². The number of nitrogens with two attached hydrogens (primary N) is 1. The molecule has 0 aliphatic heterocycles. The maximum absolute atomic E-state index is 12.7. The quantitative estimate of drug-likeness (QED) is 0.0268. The standard InChI is InChI=1S/C57H104NO7P/c1-3-5-7-9-11-13-15-17-19-21-23-25-26-27-28-29-31-33-35-37-39-41-43-45-47-49-52-62-54-56(55-64-66(60,61)63-53-51-58)65-57(59)50-48-46-44-42-40-38-36-34-32-30-24-22-20-18-16-14-12-10-8-6-4-2/h5,7,11,13,17,19,23,25,27-28,31,33,56H,3-4,6,8-10,12,14-16,18,20-22,24,26,29-30,32,34-55,58H2,1-2H3,(H,60,61)/b7-5-,13-11-,19-17-,25-23-,28-27-,33-31-. The van der Waals surface area contributed by atoms with Crippen molar-refractivity contribution in [3.8, 4) is 0 Å². The third-order valence-electron chi connectivity index (χ3n) is 11.6. The first-order valence-electron chi connectivity index (χ1n) is 27.4. The number of rotatable bonds is 52. The molecule has 0 heterocycles. The Kier molecular flexibility index (Phi) is 52.2. The average Bonchev–Trinajstić information content (AvgIpc) is 3.31. The molecule has 0 saturated carbocycles. The summed E-state index contributed by atoms with van der Waals surface area (Å²) in [6, 6.07) is 0. The second kappa shape index (κ2) is 53.9. The number of ether oxygens (including phenoxy) is 2. The molecule has 0 rings (SSSR count). The van der Waals surface area contributed by atoms with E-state index in [0.717, 1.165) is 83.5 Å². The van der Waals surface area contributed by atoms with Crippen molar-refractivity contribution in [2.75, 3.05) is 33.0 Å². The average molecular weight is 946 g/mol. The lowest BCUT2D eigenvalue weighted by molar-refractivity contribution is -0.154. The fourth-order valence-corrected chi connectivity index (χ4v) is 8.41. The summed E-state index contributed by atoms with van der Waals surface area (Å²) in [7, 11) is -4.29. The topological polar surface area (TPSA) is 117 Å². The molecule has 0 aromatic rings. The first-order chi connectivity index (χ1) is 32.4. The minimum absolute atomic E-state index is 0.0965. The van der Waals surface area contributed by atoms with Crippen LogP contribution in [0.15, 0.2) is 72.9 Å². The van der Waals surface area contributed by atoms with E-state index in [-0.39, 0.29) is 32.3 Å². The molecule has 0 radical (unpaired) electrons. The Morgan fingerprint density at radius 1 is 0.470 bits per heavy atom. The first-order valence-corrected chi connectivity index (χ1v) is 28.9. The molecule has 0 aliphatic carbocycles. The van der Waals surface area contributed by atoms with E-state index in [0.29, 0.717) is 13.0 Å². The molecular formula is C57H104NO7P. The second-order valence-electron chi connectivity index (χ2n) is 18.1. The van der Waals surface area contributed by atoms with Gasteiger partial charge < -0.3 is 20.1 Å². The monoisotopic (exact) mass is 946 g/mol. The molecule has 384 valence electrons. The summed E-state index contributed by atoms with van der Waals surface area (Å²) < 4.78 is 33.6. The summed E-state index contributed by atoms with van der Waals surface area (Å²) in [5.41, 5.74) is 5.40. The minimum atomic E-state index is -4.29. The van der Waals surface area contributed by atoms with Gasteiger partial charge in [0.25, 0.3) is 0 Å². The Morgan fingerprint density at radius 2 is 0.848 bits per heavy atom. The van der Waals surface area contributed by atoms with Crippen LogP contribution in [0.1, 0.15) is 245 Å². The van der Waals surface area contributed by atoms with Crippen molar-refractivity contribution in [2.24, 2.45) is 5.73 Å². The molecule has 0 fully saturated rings. The van der Waals surface area contributed by atoms with E-state index in [1.54, 1.807) is 0 Å². The van der Waals surface area contributed by atoms with Gasteiger partial charge in [-0.15, -0.1) is 0 Å². The molecule has 0 aromatic carbocycles. The number of phosphoric ester groups is 1. The lowest BCUT2D eigenvalue weighted by Crippen LogP contribution is -2.28. The molecule has 0 saturated heterocycles. The molecule has 2 unspecified atom stereocenters. The van der Waals surface area contributed by atoms with Gasteiger partial charge in [0.05, 0.1) is 19.8 Å². The molecule has 0 bridgehead atoms. The fourth-order valence-electron chi connectivity index (χ4n) is 7.65. The fraction of sp³-hybridized carbons (Fsp3) is 0.772. The molecular weight excluding hydrogens is 842 g/mol. The second-order valence-corrected chi connectivity index (χ2v) is 19.5. The Balaban J connectivity index is 3.95. The van der Waals surface area contributed by atoms with Crippen molar-refractivity contribution < 1.29 is 32.8 Å². The van der Waals surface area contributed by atoms with Crippen LogP contribution in [0.2, 0.25) is 0 Å². The Labute approximate surface area is 407 Å². The van der Waals surface area contributed by atoms with E-state index >= 15 is 0 Å². The zero-order valence-corrected chi connectivity index (χ0v) is 43.8. The molecule has 66 heavy (non-hydrogen) atoms. The van der Waals surface area contributed by atoms with Gasteiger partial charge in [-0.05, 0) is 64.2 Å². The summed E-state index contributed by atoms with van der Waals surface area (Å²) in [6.45, 7) is 4.81. The number of esters is 1. The highest BCUT2D eigenvalue weighted by molar-refractivity contribution is 7.47. The Bertz CT molecular complexity index is 1250. The molecule has 8 nitrogen and oxygen atoms in total. The van der Waals surface area contributed by atoms with Crippen molar-refractivity contribution in [3.05, 3.63) is 72.9 Å². The lowest BCUT2D eigenvalue weighted by atomic mass is 10.0. The Hall–Kier alpha value is -2.06. The van der Waals surface area contributed by atoms with Crippen LogP contribution in [0.3, 0.4) is 0 Å². The van der Waals surface area contributed by atoms with E-state index in [1.807, 2.05) is 0 Å². The molecule has 9 heteroatoms. The van der Waals surface area contributed by atoms with Gasteiger partial charge in [-0.1, -0.05) is 247 Å². The van der Waals surface area contributed by atoms with Gasteiger partial charge in [-0.25, -0.2) is 4.57 Å². The number of allylic oxidation sites excluding steroid dienone is 12. The molecule has 3 N–H and O–H groups in total. The van der Waals surface area contributed by atoms with Crippen molar-refractivity contribution in [3.63, 3.8) is 0 Å². The van der Waals surface area contributed by atoms with E-state index in [2.05, 4.69) is 86.8 Å². The lowest BCUT2D eigenvalue weighted by Gasteiger charge is -2.20. The smallest absolute Gasteiger partial charge is 0.457 e. The SMILES string of the molecule is CC/C=C\C/C=C\C/C=C\C/C=C\C/C=C\C/C=C\CCCCCCCCCOCC(COP(=O)(O)OCCN)OC(=O)CCCCCCCCCCCCCCCCCCCCCCC. The van der Waals surface area contributed by atoms with Crippen LogP contribution in [-0.2, 0) is 27.9 Å². The van der Waals surface area contributed by atoms with Gasteiger partial charge >= 0.3 is 13.8 Å². The van der Waals surface area contributed by atoms with Crippen LogP contribution < -0.4 is 5.73 Å². The number of carbonyl (C=O) groups excluding carboxylic acids is 1. The van der Waals surface area contributed by atoms with Gasteiger partial charge in [0.2, 0.25) is 0 Å². The van der Waals surface area contributed by atoms with E-state index in [9.17, 15) is 14.3 Å². The van der Waals surface area contributed by atoms with E-state index in [4.69, 9.17) is 24.3 Å². The van der Waals surface area contributed by atoms with Crippen molar-refractivity contribution >= 4 is 13.8 Å². The van der Waals surface area contributed by atoms with Crippen LogP contribution in [0, 0.1) is 0 Å². The van der Waals surface area contributed by atoms with Gasteiger partial charge in [0, 0.05) is 19.6 Å². The van der Waals surface area contributed by atoms with Gasteiger partial charge in [-0.3, -0.25) is 13.8 Å². The highest BCUT2D eigenvalue weighted by Gasteiger charge is 2.25. The van der Waals surface area contributed by atoms with Gasteiger partial charge in [0.1, 0.15) is 6.10 Å². The molecule has 0 spiro atoms. The van der Waals surface area contributed by atoms with Crippen molar-refractivity contribution in [1.29, 1.82) is 0 Å². The predicted molar refractivity (Wildman–Crippen MR) is 284 cm³/mol. The summed E-state index contributed by atoms with van der Waals surface area (Å²) in [4.78, 5) is 22.6. The highest BCUT2D eigenvalue weighted by Crippen LogP contribution is 2.43. The van der Waals surface area contributed by atoms with Crippen LogP contribution >= 0.6 is 7.82 Å². The van der Waals surface area contributed by atoms with Gasteiger partial charge in [-0.2, -0.15) is 0 Å². The number of hydrogen-bond acceptors (Lipinski definition) is 7. The summed E-state index contributed by atoms with van der Waals surface area (Å²) in [6.07, 6.45) is 69.4. The summed E-state index contributed by atoms with van der Waals surface area (Å²) in [5.74, 6) is -0.332. The molecule has 0 aliphatic rings. The van der Waals surface area contributed by atoms with Gasteiger partial charge in [0.15, 0.2) is 0 Å². The molecule has 2 atom stereocenters. The van der Waals surface area contributed by atoms with Crippen molar-refractivity contribution in [1.82, 2.24) is 0 Å². The summed E-state index contributed by atoms with van der Waals surface area (Å²) >= 11 is 0. The normalized spacial score (nSPS) is 13.8. The van der Waals surface area contributed by atoms with E-state index in [1.165, 1.54) is 141 Å². The highest BCUT2D eigenvalue weighted by atomic mass is 31.2. The number of carbonyl (C=O) groups is 1. The molecule has 0 aromatic heterocycles. The number of hydrogen-bond donors (Lipinski definition) is 2. The predicted octanol–water partition coefficient (Wildman–Crippen LogP) is 17.4. The van der Waals surface area contributed by atoms with Crippen LogP contribution in [0.4, 0.5) is 0 Å². The zero-order valence-electron chi connectivity index (χ0n) is 42.9.